The molecule has 1 aromatic heterocycles. The van der Waals surface area contributed by atoms with Gasteiger partial charge in [-0.2, -0.15) is 0 Å². The van der Waals surface area contributed by atoms with E-state index in [4.69, 9.17) is 4.74 Å². The third-order valence-corrected chi connectivity index (χ3v) is 4.25. The van der Waals surface area contributed by atoms with Crippen molar-refractivity contribution in [1.82, 2.24) is 10.3 Å². The normalized spacial score (nSPS) is 18.2. The van der Waals surface area contributed by atoms with Crippen LogP contribution in [-0.4, -0.2) is 36.7 Å². The maximum absolute atomic E-state index is 13.0. The monoisotopic (exact) mass is 321 g/mol. The van der Waals surface area contributed by atoms with Gasteiger partial charge in [-0.15, -0.1) is 11.3 Å². The quantitative estimate of drug-likeness (QED) is 0.909. The highest BCUT2D eigenvalue weighted by Crippen LogP contribution is 2.30. The Bertz CT molecular complexity index is 666. The van der Waals surface area contributed by atoms with Crippen molar-refractivity contribution in [3.8, 4) is 11.3 Å². The number of rotatable bonds is 3. The number of aryl methyl sites for hydroxylation is 1. The van der Waals surface area contributed by atoms with Crippen molar-refractivity contribution in [2.75, 3.05) is 25.0 Å². The van der Waals surface area contributed by atoms with Gasteiger partial charge >= 0.3 is 0 Å². The zero-order chi connectivity index (χ0) is 15.5. The van der Waals surface area contributed by atoms with Gasteiger partial charge in [-0.05, 0) is 31.2 Å². The summed E-state index contributed by atoms with van der Waals surface area (Å²) in [5.41, 5.74) is 1.58. The van der Waals surface area contributed by atoms with Crippen LogP contribution in [0.4, 0.5) is 9.52 Å². The minimum atomic E-state index is -0.493. The number of hydrogen-bond acceptors (Lipinski definition) is 5. The van der Waals surface area contributed by atoms with E-state index in [2.05, 4.69) is 15.6 Å². The van der Waals surface area contributed by atoms with E-state index < -0.39 is 6.10 Å². The predicted octanol–water partition coefficient (Wildman–Crippen LogP) is 2.18. The van der Waals surface area contributed by atoms with Crippen LogP contribution in [0, 0.1) is 12.7 Å². The highest BCUT2D eigenvalue weighted by Gasteiger charge is 2.23. The van der Waals surface area contributed by atoms with Crippen molar-refractivity contribution in [3.63, 3.8) is 0 Å². The van der Waals surface area contributed by atoms with Gasteiger partial charge in [-0.25, -0.2) is 9.37 Å². The van der Waals surface area contributed by atoms with Crippen LogP contribution in [0.25, 0.3) is 11.3 Å². The van der Waals surface area contributed by atoms with E-state index in [1.807, 2.05) is 6.92 Å². The fourth-order valence-corrected chi connectivity index (χ4v) is 3.08. The first kappa shape index (κ1) is 15.1. The van der Waals surface area contributed by atoms with Crippen LogP contribution in [0.15, 0.2) is 24.3 Å². The molecule has 22 heavy (non-hydrogen) atoms. The molecule has 1 saturated heterocycles. The smallest absolute Gasteiger partial charge is 0.256 e. The molecule has 1 unspecified atom stereocenters. The summed E-state index contributed by atoms with van der Waals surface area (Å²) in [6, 6.07) is 6.15. The highest BCUT2D eigenvalue weighted by atomic mass is 32.1. The molecule has 1 atom stereocenters. The number of carbonyl (C=O) groups excluding carboxylic acids is 1. The number of aromatic nitrogens is 1. The Morgan fingerprint density at radius 2 is 2.23 bits per heavy atom. The predicted molar refractivity (Wildman–Crippen MR) is 83.5 cm³/mol. The lowest BCUT2D eigenvalue weighted by molar-refractivity contribution is -0.128. The molecule has 1 fully saturated rings. The molecule has 0 saturated carbocycles. The molecule has 1 aliphatic heterocycles. The Balaban J connectivity index is 1.74. The van der Waals surface area contributed by atoms with Crippen LogP contribution < -0.4 is 10.6 Å². The largest absolute Gasteiger partial charge is 0.366 e. The molecule has 1 amide bonds. The van der Waals surface area contributed by atoms with E-state index in [9.17, 15) is 9.18 Å². The number of carbonyl (C=O) groups is 1. The number of anilines is 1. The Kier molecular flexibility index (Phi) is 4.47. The molecule has 5 nitrogen and oxygen atoms in total. The maximum Gasteiger partial charge on any atom is 0.256 e. The molecule has 7 heteroatoms. The fraction of sp³-hybridized carbons (Fsp3) is 0.333. The zero-order valence-electron chi connectivity index (χ0n) is 12.1. The van der Waals surface area contributed by atoms with Gasteiger partial charge in [0, 0.05) is 23.5 Å². The van der Waals surface area contributed by atoms with E-state index in [0.29, 0.717) is 18.3 Å². The summed E-state index contributed by atoms with van der Waals surface area (Å²) >= 11 is 1.39. The number of morpholine rings is 1. The van der Waals surface area contributed by atoms with Crippen LogP contribution in [0.3, 0.4) is 0 Å². The summed E-state index contributed by atoms with van der Waals surface area (Å²) in [6.45, 7) is 3.70. The standard InChI is InChI=1S/C15H16FN3O2S/c1-9-13(10-2-4-11(16)5-3-10)18-15(22-9)19-14(20)12-8-17-6-7-21-12/h2-5,12,17H,6-8H2,1H3,(H,18,19,20). The number of nitrogens with zero attached hydrogens (tertiary/aromatic N) is 1. The summed E-state index contributed by atoms with van der Waals surface area (Å²) in [4.78, 5) is 17.5. The van der Waals surface area contributed by atoms with Crippen molar-refractivity contribution < 1.29 is 13.9 Å². The number of halogens is 1. The Morgan fingerprint density at radius 1 is 1.45 bits per heavy atom. The van der Waals surface area contributed by atoms with Gasteiger partial charge in [0.2, 0.25) is 0 Å². The molecule has 1 aromatic carbocycles. The van der Waals surface area contributed by atoms with E-state index >= 15 is 0 Å². The van der Waals surface area contributed by atoms with Crippen LogP contribution in [0.2, 0.25) is 0 Å². The number of amides is 1. The number of hydrogen-bond donors (Lipinski definition) is 2. The lowest BCUT2D eigenvalue weighted by atomic mass is 10.1. The summed E-state index contributed by atoms with van der Waals surface area (Å²) in [6.07, 6.45) is -0.493. The van der Waals surface area contributed by atoms with Crippen LogP contribution in [-0.2, 0) is 9.53 Å². The Morgan fingerprint density at radius 3 is 2.91 bits per heavy atom. The summed E-state index contributed by atoms with van der Waals surface area (Å²) < 4.78 is 18.4. The molecule has 3 rings (SSSR count). The second-order valence-corrected chi connectivity index (χ2v) is 6.19. The third-order valence-electron chi connectivity index (χ3n) is 3.36. The molecular weight excluding hydrogens is 305 g/mol. The fourth-order valence-electron chi connectivity index (χ4n) is 2.25. The lowest BCUT2D eigenvalue weighted by Gasteiger charge is -2.22. The van der Waals surface area contributed by atoms with Crippen LogP contribution >= 0.6 is 11.3 Å². The zero-order valence-corrected chi connectivity index (χ0v) is 12.9. The number of benzene rings is 1. The van der Waals surface area contributed by atoms with E-state index in [0.717, 1.165) is 22.7 Å². The van der Waals surface area contributed by atoms with Crippen LogP contribution in [0.1, 0.15) is 4.88 Å². The van der Waals surface area contributed by atoms with Crippen molar-refractivity contribution in [1.29, 1.82) is 0 Å². The molecule has 0 radical (unpaired) electrons. The molecule has 1 aliphatic rings. The number of nitrogens with one attached hydrogen (secondary N) is 2. The minimum Gasteiger partial charge on any atom is -0.366 e. The van der Waals surface area contributed by atoms with Gasteiger partial charge in [0.25, 0.3) is 5.91 Å². The SMILES string of the molecule is Cc1sc(NC(=O)C2CNCCO2)nc1-c1ccc(F)cc1. The molecule has 0 aliphatic carbocycles. The Hall–Kier alpha value is -1.83. The topological polar surface area (TPSA) is 63.2 Å². The highest BCUT2D eigenvalue weighted by molar-refractivity contribution is 7.16. The molecule has 0 spiro atoms. The van der Waals surface area contributed by atoms with Crippen LogP contribution in [0.5, 0.6) is 0 Å². The average Bonchev–Trinajstić information content (AvgIpc) is 2.89. The first-order chi connectivity index (χ1) is 10.6. The van der Waals surface area contributed by atoms with E-state index in [1.165, 1.54) is 23.5 Å². The van der Waals surface area contributed by atoms with Gasteiger partial charge in [-0.1, -0.05) is 0 Å². The first-order valence-corrected chi connectivity index (χ1v) is 7.81. The summed E-state index contributed by atoms with van der Waals surface area (Å²) in [7, 11) is 0. The lowest BCUT2D eigenvalue weighted by Crippen LogP contribution is -2.45. The number of ether oxygens (including phenoxy) is 1. The maximum atomic E-state index is 13.0. The minimum absolute atomic E-state index is 0.202. The van der Waals surface area contributed by atoms with Gasteiger partial charge in [0.05, 0.1) is 12.3 Å². The van der Waals surface area contributed by atoms with Gasteiger partial charge in [0.15, 0.2) is 5.13 Å². The van der Waals surface area contributed by atoms with Crippen molar-refractivity contribution in [2.45, 2.75) is 13.0 Å². The molecule has 2 N–H and O–H groups in total. The second kappa shape index (κ2) is 6.51. The summed E-state index contributed by atoms with van der Waals surface area (Å²) in [5.74, 6) is -0.487. The second-order valence-electron chi connectivity index (χ2n) is 4.98. The first-order valence-electron chi connectivity index (χ1n) is 7.00. The van der Waals surface area contributed by atoms with E-state index in [-0.39, 0.29) is 11.7 Å². The van der Waals surface area contributed by atoms with Gasteiger partial charge in [0.1, 0.15) is 11.9 Å². The van der Waals surface area contributed by atoms with Crippen molar-refractivity contribution in [3.05, 3.63) is 35.0 Å². The molecule has 0 bridgehead atoms. The molecule has 116 valence electrons. The third kappa shape index (κ3) is 3.32. The van der Waals surface area contributed by atoms with Gasteiger partial charge < -0.3 is 10.1 Å². The molecule has 2 heterocycles. The van der Waals surface area contributed by atoms with Gasteiger partial charge in [-0.3, -0.25) is 10.1 Å². The number of thiazole rings is 1. The van der Waals surface area contributed by atoms with Crippen molar-refractivity contribution >= 4 is 22.4 Å². The molecular formula is C15H16FN3O2S. The summed E-state index contributed by atoms with van der Waals surface area (Å²) in [5, 5.41) is 6.42. The Labute approximate surface area is 131 Å². The molecule has 2 aromatic rings. The average molecular weight is 321 g/mol. The van der Waals surface area contributed by atoms with E-state index in [1.54, 1.807) is 12.1 Å². The van der Waals surface area contributed by atoms with Crippen molar-refractivity contribution in [2.24, 2.45) is 0 Å².